The van der Waals surface area contributed by atoms with Crippen LogP contribution in [0.3, 0.4) is 0 Å². The largest absolute Gasteiger partial charge is 0.311 e. The van der Waals surface area contributed by atoms with E-state index in [1.54, 1.807) is 0 Å². The maximum Gasteiger partial charge on any atom is 0.0463 e. The molecule has 1 heterocycles. The summed E-state index contributed by atoms with van der Waals surface area (Å²) in [7, 11) is 0. The third-order valence-corrected chi connectivity index (χ3v) is 10.8. The van der Waals surface area contributed by atoms with Gasteiger partial charge in [-0.1, -0.05) is 103 Å². The second-order valence-corrected chi connectivity index (χ2v) is 14.2. The summed E-state index contributed by atoms with van der Waals surface area (Å²) < 4.78 is 1.30. The molecule has 8 aromatic carbocycles. The average molecular weight is 712 g/mol. The van der Waals surface area contributed by atoms with Crippen molar-refractivity contribution < 1.29 is 0 Å². The number of fused-ring (bicyclic) bond motifs is 1. The summed E-state index contributed by atoms with van der Waals surface area (Å²) in [4.78, 5) is 8.20. The van der Waals surface area contributed by atoms with E-state index in [9.17, 15) is 0 Å². The zero-order chi connectivity index (χ0) is 36.1. The van der Waals surface area contributed by atoms with Crippen LogP contribution in [-0.2, 0) is 0 Å². The van der Waals surface area contributed by atoms with Gasteiger partial charge in [-0.25, -0.2) is 0 Å². The highest BCUT2D eigenvalue weighted by atomic mass is 32.1. The van der Waals surface area contributed by atoms with Crippen LogP contribution in [0.2, 0.25) is 0 Å². The Labute approximate surface area is 320 Å². The lowest BCUT2D eigenvalue weighted by atomic mass is 10.1. The summed E-state index contributed by atoms with van der Waals surface area (Å²) in [5.41, 5.74) is 11.1. The van der Waals surface area contributed by atoms with E-state index >= 15 is 0 Å². The molecule has 0 aliphatic carbocycles. The molecule has 0 N–H and O–H groups in total. The van der Waals surface area contributed by atoms with E-state index in [-0.39, 0.29) is 0 Å². The molecule has 0 saturated heterocycles. The number of anilines is 9. The molecule has 0 aliphatic heterocycles. The Morgan fingerprint density at radius 2 is 0.537 bits per heavy atom. The Morgan fingerprint density at radius 1 is 0.259 bits per heavy atom. The number of nitrogens with zero attached hydrogens (tertiary/aromatic N) is 3. The topological polar surface area (TPSA) is 9.72 Å². The van der Waals surface area contributed by atoms with Crippen LogP contribution in [0.15, 0.2) is 224 Å². The molecule has 0 atom stereocenters. The molecule has 54 heavy (non-hydrogen) atoms. The fraction of sp³-hybridized carbons (Fsp3) is 0. The minimum atomic E-state index is 1.07. The third-order valence-electron chi connectivity index (χ3n) is 9.63. The summed E-state index contributed by atoms with van der Waals surface area (Å²) in [6.45, 7) is 0. The van der Waals surface area contributed by atoms with E-state index in [0.29, 0.717) is 0 Å². The Morgan fingerprint density at radius 3 is 0.870 bits per heavy atom. The van der Waals surface area contributed by atoms with Crippen molar-refractivity contribution in [1.82, 2.24) is 0 Å². The second kappa shape index (κ2) is 15.0. The van der Waals surface area contributed by atoms with Crippen LogP contribution >= 0.6 is 11.3 Å². The summed E-state index contributed by atoms with van der Waals surface area (Å²) >= 11 is 1.84. The van der Waals surface area contributed by atoms with Gasteiger partial charge in [0, 0.05) is 60.8 Å². The molecular formula is C50H37N3S. The molecular weight excluding hydrogens is 675 g/mol. The molecule has 3 nitrogen and oxygen atoms in total. The van der Waals surface area contributed by atoms with Crippen molar-refractivity contribution in [3.05, 3.63) is 224 Å². The first-order valence-corrected chi connectivity index (χ1v) is 19.0. The van der Waals surface area contributed by atoms with E-state index in [4.69, 9.17) is 0 Å². The van der Waals surface area contributed by atoms with Gasteiger partial charge in [0.15, 0.2) is 0 Å². The van der Waals surface area contributed by atoms with Gasteiger partial charge in [-0.15, -0.1) is 11.3 Å². The Bertz CT molecular complexity index is 2330. The molecule has 258 valence electrons. The van der Waals surface area contributed by atoms with Gasteiger partial charge in [0.25, 0.3) is 0 Å². The minimum Gasteiger partial charge on any atom is -0.311 e. The van der Waals surface area contributed by atoms with E-state index in [1.165, 1.54) is 20.5 Å². The predicted octanol–water partition coefficient (Wildman–Crippen LogP) is 15.0. The van der Waals surface area contributed by atoms with Gasteiger partial charge in [0.05, 0.1) is 0 Å². The quantitative estimate of drug-likeness (QED) is 0.140. The Hall–Kier alpha value is -6.88. The number of hydrogen-bond acceptors (Lipinski definition) is 4. The lowest BCUT2D eigenvalue weighted by molar-refractivity contribution is 1.24. The Balaban J connectivity index is 1.11. The van der Waals surface area contributed by atoms with Crippen LogP contribution in [0.25, 0.3) is 20.5 Å². The lowest BCUT2D eigenvalue weighted by Crippen LogP contribution is -2.13. The van der Waals surface area contributed by atoms with Gasteiger partial charge >= 0.3 is 0 Å². The zero-order valence-corrected chi connectivity index (χ0v) is 30.4. The number of thiophene rings is 1. The molecule has 0 spiro atoms. The van der Waals surface area contributed by atoms with Gasteiger partial charge in [0.1, 0.15) is 0 Å². The average Bonchev–Trinajstić information content (AvgIpc) is 3.69. The van der Waals surface area contributed by atoms with E-state index in [2.05, 4.69) is 239 Å². The van der Waals surface area contributed by atoms with Crippen LogP contribution in [0.5, 0.6) is 0 Å². The molecule has 1 aromatic heterocycles. The van der Waals surface area contributed by atoms with Crippen molar-refractivity contribution in [3.63, 3.8) is 0 Å². The standard InChI is InChI=1S/C50H37N3S/c1-5-16-40(17-6-1)51(41-18-7-2-8-19-41)45-29-33-47(34-30-45)53(44-27-25-38(26-28-44)50-37-39-15-13-14-24-49(39)54-50)48-35-31-46(32-36-48)52(42-20-9-3-10-21-42)43-22-11-4-12-23-43/h1-37H. The Kier molecular flexibility index (Phi) is 9.16. The van der Waals surface area contributed by atoms with Gasteiger partial charge in [-0.05, 0) is 132 Å². The monoisotopic (exact) mass is 711 g/mol. The lowest BCUT2D eigenvalue weighted by Gasteiger charge is -2.29. The maximum atomic E-state index is 2.34. The van der Waals surface area contributed by atoms with Crippen LogP contribution in [0.1, 0.15) is 0 Å². The molecule has 0 bridgehead atoms. The van der Waals surface area contributed by atoms with Gasteiger partial charge in [-0.3, -0.25) is 0 Å². The predicted molar refractivity (Wildman–Crippen MR) is 231 cm³/mol. The molecule has 0 amide bonds. The SMILES string of the molecule is c1ccc(N(c2ccccc2)c2ccc(N(c3ccc(-c4cc5ccccc5s4)cc3)c3ccc(N(c4ccccc4)c4ccccc4)cc3)cc2)cc1. The molecule has 0 saturated carbocycles. The maximum absolute atomic E-state index is 2.34. The fourth-order valence-corrected chi connectivity index (χ4v) is 8.12. The van der Waals surface area contributed by atoms with Crippen LogP contribution in [-0.4, -0.2) is 0 Å². The molecule has 9 aromatic rings. The first-order valence-electron chi connectivity index (χ1n) is 18.2. The number of hydrogen-bond donors (Lipinski definition) is 0. The molecule has 9 rings (SSSR count). The van der Waals surface area contributed by atoms with Crippen LogP contribution in [0.4, 0.5) is 51.2 Å². The molecule has 4 heteroatoms. The van der Waals surface area contributed by atoms with Crippen molar-refractivity contribution in [2.45, 2.75) is 0 Å². The summed E-state index contributed by atoms with van der Waals surface area (Å²) in [5.74, 6) is 0. The fourth-order valence-electron chi connectivity index (χ4n) is 7.05. The smallest absolute Gasteiger partial charge is 0.0463 e. The third kappa shape index (κ3) is 6.74. The normalized spacial score (nSPS) is 11.0. The summed E-state index contributed by atoms with van der Waals surface area (Å²) in [5, 5.41) is 1.28. The van der Waals surface area contributed by atoms with Crippen molar-refractivity contribution in [3.8, 4) is 10.4 Å². The van der Waals surface area contributed by atoms with Crippen molar-refractivity contribution in [2.75, 3.05) is 14.7 Å². The van der Waals surface area contributed by atoms with E-state index in [0.717, 1.165) is 51.2 Å². The van der Waals surface area contributed by atoms with Gasteiger partial charge < -0.3 is 14.7 Å². The van der Waals surface area contributed by atoms with E-state index < -0.39 is 0 Å². The van der Waals surface area contributed by atoms with Crippen LogP contribution < -0.4 is 14.7 Å². The first kappa shape index (κ1) is 33.0. The zero-order valence-electron chi connectivity index (χ0n) is 29.6. The van der Waals surface area contributed by atoms with Crippen molar-refractivity contribution in [2.24, 2.45) is 0 Å². The first-order chi connectivity index (χ1) is 26.8. The highest BCUT2D eigenvalue weighted by Gasteiger charge is 2.18. The highest BCUT2D eigenvalue weighted by molar-refractivity contribution is 7.22. The summed E-state index contributed by atoms with van der Waals surface area (Å²) in [6.07, 6.45) is 0. The number of rotatable bonds is 10. The van der Waals surface area contributed by atoms with E-state index in [1.807, 2.05) is 11.3 Å². The summed E-state index contributed by atoms with van der Waals surface area (Å²) in [6, 6.07) is 79.8. The second-order valence-electron chi connectivity index (χ2n) is 13.1. The van der Waals surface area contributed by atoms with Gasteiger partial charge in [-0.2, -0.15) is 0 Å². The molecule has 0 radical (unpaired) electrons. The van der Waals surface area contributed by atoms with Crippen LogP contribution in [0, 0.1) is 0 Å². The number of benzene rings is 8. The highest BCUT2D eigenvalue weighted by Crippen LogP contribution is 2.42. The molecule has 0 unspecified atom stereocenters. The number of para-hydroxylation sites is 4. The minimum absolute atomic E-state index is 1.07. The van der Waals surface area contributed by atoms with Gasteiger partial charge in [0.2, 0.25) is 0 Å². The van der Waals surface area contributed by atoms with Crippen molar-refractivity contribution in [1.29, 1.82) is 0 Å². The van der Waals surface area contributed by atoms with Crippen molar-refractivity contribution >= 4 is 72.6 Å². The molecule has 0 aliphatic rings. The molecule has 0 fully saturated rings.